The molecule has 0 N–H and O–H groups in total. The lowest BCUT2D eigenvalue weighted by molar-refractivity contribution is 0.702. The van der Waals surface area contributed by atoms with Gasteiger partial charge >= 0.3 is 5.69 Å². The van der Waals surface area contributed by atoms with Crippen molar-refractivity contribution < 1.29 is 0 Å². The van der Waals surface area contributed by atoms with Crippen LogP contribution in [0.15, 0.2) is 20.7 Å². The van der Waals surface area contributed by atoms with Crippen LogP contribution in [-0.4, -0.2) is 19.4 Å². The molecule has 0 unspecified atom stereocenters. The summed E-state index contributed by atoms with van der Waals surface area (Å²) in [5, 5.41) is 1.15. The van der Waals surface area contributed by atoms with E-state index >= 15 is 0 Å². The highest BCUT2D eigenvalue weighted by molar-refractivity contribution is 8.00. The van der Waals surface area contributed by atoms with Crippen molar-refractivity contribution in [2.45, 2.75) is 55.6 Å². The number of thioether (sulfide) groups is 1. The first-order valence-corrected chi connectivity index (χ1v) is 9.05. The highest BCUT2D eigenvalue weighted by Gasteiger charge is 2.23. The monoisotopic (exact) mass is 333 g/mol. The van der Waals surface area contributed by atoms with Gasteiger partial charge in [0.15, 0.2) is 0 Å². The predicted molar refractivity (Wildman–Crippen MR) is 94.4 cm³/mol. The lowest BCUT2D eigenvalue weighted by Crippen LogP contribution is -2.37. The molecular weight excluding hydrogens is 310 g/mol. The van der Waals surface area contributed by atoms with Crippen molar-refractivity contribution in [3.63, 3.8) is 0 Å². The average molecular weight is 333 g/mol. The molecule has 5 nitrogen and oxygen atoms in total. The van der Waals surface area contributed by atoms with Crippen molar-refractivity contribution in [1.29, 1.82) is 0 Å². The van der Waals surface area contributed by atoms with Crippen molar-refractivity contribution >= 4 is 22.8 Å². The standard InChI is InChI=1S/C17H23N3O2S/c1-10(2)12-9-18-15-13(14(12)23-11-7-5-6-8-11)16(21)20(4)17(22)19(15)3/h9-11H,5-8H2,1-4H3. The maximum atomic E-state index is 12.8. The fourth-order valence-corrected chi connectivity index (χ4v) is 4.85. The van der Waals surface area contributed by atoms with Gasteiger partial charge in [0, 0.05) is 30.4 Å². The molecule has 6 heteroatoms. The summed E-state index contributed by atoms with van der Waals surface area (Å²) in [7, 11) is 3.21. The molecular formula is C17H23N3O2S. The van der Waals surface area contributed by atoms with Gasteiger partial charge in [-0.15, -0.1) is 11.8 Å². The molecule has 0 saturated heterocycles. The first kappa shape index (κ1) is 16.3. The summed E-state index contributed by atoms with van der Waals surface area (Å²) >= 11 is 1.80. The topological polar surface area (TPSA) is 56.9 Å². The van der Waals surface area contributed by atoms with Gasteiger partial charge in [-0.1, -0.05) is 26.7 Å². The summed E-state index contributed by atoms with van der Waals surface area (Å²) in [5.74, 6) is 0.290. The summed E-state index contributed by atoms with van der Waals surface area (Å²) in [6.07, 6.45) is 6.74. The van der Waals surface area contributed by atoms with Crippen molar-refractivity contribution in [2.24, 2.45) is 14.1 Å². The Morgan fingerprint density at radius 3 is 2.43 bits per heavy atom. The Morgan fingerprint density at radius 1 is 1.17 bits per heavy atom. The fourth-order valence-electron chi connectivity index (χ4n) is 3.23. The first-order valence-electron chi connectivity index (χ1n) is 8.17. The number of aromatic nitrogens is 3. The third-order valence-corrected chi connectivity index (χ3v) is 6.14. The summed E-state index contributed by atoms with van der Waals surface area (Å²) in [4.78, 5) is 30.4. The minimum atomic E-state index is -0.330. The van der Waals surface area contributed by atoms with Crippen LogP contribution in [0.25, 0.3) is 11.0 Å². The maximum Gasteiger partial charge on any atom is 0.332 e. The molecule has 23 heavy (non-hydrogen) atoms. The molecule has 1 aliphatic carbocycles. The molecule has 0 amide bonds. The number of pyridine rings is 1. The van der Waals surface area contributed by atoms with Gasteiger partial charge in [-0.2, -0.15) is 0 Å². The maximum absolute atomic E-state index is 12.8. The molecule has 0 radical (unpaired) electrons. The molecule has 2 aromatic heterocycles. The van der Waals surface area contributed by atoms with E-state index in [9.17, 15) is 9.59 Å². The van der Waals surface area contributed by atoms with Crippen LogP contribution in [0.5, 0.6) is 0 Å². The van der Waals surface area contributed by atoms with Gasteiger partial charge in [0.1, 0.15) is 5.65 Å². The number of aryl methyl sites for hydroxylation is 1. The quantitative estimate of drug-likeness (QED) is 0.867. The zero-order valence-corrected chi connectivity index (χ0v) is 14.9. The van der Waals surface area contributed by atoms with E-state index in [4.69, 9.17) is 0 Å². The van der Waals surface area contributed by atoms with Crippen molar-refractivity contribution in [3.8, 4) is 0 Å². The van der Waals surface area contributed by atoms with Crippen molar-refractivity contribution in [2.75, 3.05) is 0 Å². The van der Waals surface area contributed by atoms with Crippen LogP contribution in [0.1, 0.15) is 51.0 Å². The summed E-state index contributed by atoms with van der Waals surface area (Å²) in [6.45, 7) is 4.24. The molecule has 1 aliphatic rings. The Hall–Kier alpha value is -1.56. The van der Waals surface area contributed by atoms with Crippen LogP contribution < -0.4 is 11.2 Å². The van der Waals surface area contributed by atoms with Crippen molar-refractivity contribution in [1.82, 2.24) is 14.1 Å². The van der Waals surface area contributed by atoms with Gasteiger partial charge in [-0.25, -0.2) is 9.78 Å². The van der Waals surface area contributed by atoms with Crippen molar-refractivity contribution in [3.05, 3.63) is 32.6 Å². The lowest BCUT2D eigenvalue weighted by Gasteiger charge is -2.18. The van der Waals surface area contributed by atoms with Crippen LogP contribution >= 0.6 is 11.8 Å². The summed E-state index contributed by atoms with van der Waals surface area (Å²) in [5.41, 5.74) is 1.02. The second-order valence-corrected chi connectivity index (χ2v) is 7.94. The molecule has 3 rings (SSSR count). The number of nitrogens with zero attached hydrogens (tertiary/aromatic N) is 3. The summed E-state index contributed by atoms with van der Waals surface area (Å²) < 4.78 is 2.66. The number of rotatable bonds is 3. The Balaban J connectivity index is 2.34. The largest absolute Gasteiger partial charge is 0.332 e. The van der Waals surface area contributed by atoms with Gasteiger partial charge in [0.2, 0.25) is 0 Å². The van der Waals surface area contributed by atoms with Gasteiger partial charge in [0.05, 0.1) is 5.39 Å². The molecule has 2 heterocycles. The smallest absolute Gasteiger partial charge is 0.280 e. The van der Waals surface area contributed by atoms with E-state index in [1.807, 2.05) is 6.20 Å². The minimum absolute atomic E-state index is 0.237. The normalized spacial score (nSPS) is 15.9. The second-order valence-electron chi connectivity index (χ2n) is 6.63. The minimum Gasteiger partial charge on any atom is -0.280 e. The van der Waals surface area contributed by atoms with Gasteiger partial charge in [0.25, 0.3) is 5.56 Å². The van der Waals surface area contributed by atoms with Gasteiger partial charge in [-0.05, 0) is 24.3 Å². The molecule has 0 spiro atoms. The zero-order valence-electron chi connectivity index (χ0n) is 14.1. The van der Waals surface area contributed by atoms with Crippen LogP contribution in [0.2, 0.25) is 0 Å². The number of fused-ring (bicyclic) bond motifs is 1. The molecule has 1 saturated carbocycles. The van der Waals surface area contributed by atoms with E-state index in [0.717, 1.165) is 10.5 Å². The van der Waals surface area contributed by atoms with Gasteiger partial charge in [-0.3, -0.25) is 13.9 Å². The number of hydrogen-bond donors (Lipinski definition) is 0. The van der Waals surface area contributed by atoms with E-state index in [2.05, 4.69) is 18.8 Å². The first-order chi connectivity index (χ1) is 10.9. The van der Waals surface area contributed by atoms with E-state index in [1.54, 1.807) is 18.8 Å². The van der Waals surface area contributed by atoms with Crippen LogP contribution in [0.4, 0.5) is 0 Å². The third-order valence-electron chi connectivity index (χ3n) is 4.66. The Morgan fingerprint density at radius 2 is 1.83 bits per heavy atom. The Bertz CT molecular complexity index is 861. The zero-order chi connectivity index (χ0) is 16.7. The molecule has 1 fully saturated rings. The van der Waals surface area contributed by atoms with Crippen LogP contribution in [0, 0.1) is 0 Å². The highest BCUT2D eigenvalue weighted by atomic mass is 32.2. The predicted octanol–water partition coefficient (Wildman–Crippen LogP) is 2.79. The highest BCUT2D eigenvalue weighted by Crippen LogP contribution is 2.40. The summed E-state index contributed by atoms with van der Waals surface area (Å²) in [6, 6.07) is 0. The van der Waals surface area contributed by atoms with E-state index in [1.165, 1.54) is 41.9 Å². The molecule has 0 bridgehead atoms. The third kappa shape index (κ3) is 2.73. The molecule has 0 aromatic carbocycles. The van der Waals surface area contributed by atoms with Gasteiger partial charge < -0.3 is 0 Å². The average Bonchev–Trinajstić information content (AvgIpc) is 3.03. The fraction of sp³-hybridized carbons (Fsp3) is 0.588. The van der Waals surface area contributed by atoms with E-state index < -0.39 is 0 Å². The molecule has 0 aliphatic heterocycles. The van der Waals surface area contributed by atoms with E-state index in [-0.39, 0.29) is 17.2 Å². The number of hydrogen-bond acceptors (Lipinski definition) is 4. The molecule has 0 atom stereocenters. The Labute approximate surface area is 139 Å². The second kappa shape index (κ2) is 6.15. The molecule has 124 valence electrons. The van der Waals surface area contributed by atoms with Crippen LogP contribution in [-0.2, 0) is 14.1 Å². The van der Waals surface area contributed by atoms with E-state index in [0.29, 0.717) is 16.3 Å². The van der Waals surface area contributed by atoms with Crippen LogP contribution in [0.3, 0.4) is 0 Å². The molecule has 2 aromatic rings. The SMILES string of the molecule is CC(C)c1cnc2c(c1SC1CCCC1)c(=O)n(C)c(=O)n2C. The Kier molecular flexibility index (Phi) is 4.36. The lowest BCUT2D eigenvalue weighted by atomic mass is 10.0.